The van der Waals surface area contributed by atoms with Gasteiger partial charge in [0.1, 0.15) is 0 Å². The van der Waals surface area contributed by atoms with Crippen LogP contribution in [-0.4, -0.2) is 26.1 Å². The minimum atomic E-state index is 0.500. The molecule has 0 spiro atoms. The van der Waals surface area contributed by atoms with E-state index in [1.807, 2.05) is 12.4 Å². The van der Waals surface area contributed by atoms with E-state index in [9.17, 15) is 0 Å². The summed E-state index contributed by atoms with van der Waals surface area (Å²) in [5.74, 6) is 1.46. The van der Waals surface area contributed by atoms with Crippen LogP contribution in [0.15, 0.2) is 36.7 Å². The first kappa shape index (κ1) is 16.8. The van der Waals surface area contributed by atoms with Gasteiger partial charge in [-0.1, -0.05) is 49.6 Å². The molecule has 0 amide bonds. The zero-order chi connectivity index (χ0) is 17.8. The molecule has 0 aliphatic heterocycles. The molecule has 2 aromatic heterocycles. The standard InChI is InChI=1S/C20H26N6/c1-2-21-20-24-18(22-13-15-9-5-3-6-10-15)17-19(25-20)26(14-23-17)16-11-7-4-8-12-16/h3,5-6,9-10,14,16H,2,4,7-8,11-13H2,1H3,(H2,21,22,24,25). The van der Waals surface area contributed by atoms with Gasteiger partial charge in [-0.05, 0) is 25.3 Å². The van der Waals surface area contributed by atoms with Gasteiger partial charge in [0.2, 0.25) is 5.95 Å². The number of nitrogens with zero attached hydrogens (tertiary/aromatic N) is 4. The van der Waals surface area contributed by atoms with E-state index in [1.54, 1.807) is 0 Å². The van der Waals surface area contributed by atoms with Gasteiger partial charge in [-0.3, -0.25) is 0 Å². The van der Waals surface area contributed by atoms with E-state index in [1.165, 1.54) is 37.7 Å². The fourth-order valence-corrected chi connectivity index (χ4v) is 3.69. The van der Waals surface area contributed by atoms with Crippen molar-refractivity contribution in [2.45, 2.75) is 51.6 Å². The number of hydrogen-bond acceptors (Lipinski definition) is 5. The van der Waals surface area contributed by atoms with Crippen molar-refractivity contribution < 1.29 is 0 Å². The number of imidazole rings is 1. The van der Waals surface area contributed by atoms with Crippen molar-refractivity contribution >= 4 is 22.9 Å². The molecule has 136 valence electrons. The van der Waals surface area contributed by atoms with E-state index >= 15 is 0 Å². The Morgan fingerprint density at radius 1 is 1.04 bits per heavy atom. The maximum absolute atomic E-state index is 4.75. The average molecular weight is 350 g/mol. The van der Waals surface area contributed by atoms with Crippen LogP contribution in [0.2, 0.25) is 0 Å². The highest BCUT2D eigenvalue weighted by Crippen LogP contribution is 2.32. The maximum Gasteiger partial charge on any atom is 0.226 e. The lowest BCUT2D eigenvalue weighted by atomic mass is 9.95. The number of hydrogen-bond donors (Lipinski definition) is 2. The largest absolute Gasteiger partial charge is 0.364 e. The number of nitrogens with one attached hydrogen (secondary N) is 2. The maximum atomic E-state index is 4.75. The molecule has 6 nitrogen and oxygen atoms in total. The Hall–Kier alpha value is -2.63. The van der Waals surface area contributed by atoms with Crippen LogP contribution in [-0.2, 0) is 6.54 Å². The van der Waals surface area contributed by atoms with Crippen LogP contribution < -0.4 is 10.6 Å². The zero-order valence-electron chi connectivity index (χ0n) is 15.3. The number of rotatable bonds is 6. The van der Waals surface area contributed by atoms with E-state index in [-0.39, 0.29) is 0 Å². The molecule has 1 aromatic carbocycles. The average Bonchev–Trinajstić information content (AvgIpc) is 3.12. The first-order valence-electron chi connectivity index (χ1n) is 9.61. The van der Waals surface area contributed by atoms with Crippen LogP contribution >= 0.6 is 0 Å². The molecular weight excluding hydrogens is 324 g/mol. The van der Waals surface area contributed by atoms with Crippen molar-refractivity contribution in [2.75, 3.05) is 17.2 Å². The van der Waals surface area contributed by atoms with Crippen molar-refractivity contribution in [3.63, 3.8) is 0 Å². The zero-order valence-corrected chi connectivity index (χ0v) is 15.3. The molecule has 1 aliphatic carbocycles. The van der Waals surface area contributed by atoms with E-state index in [0.717, 1.165) is 30.1 Å². The van der Waals surface area contributed by atoms with Gasteiger partial charge in [-0.2, -0.15) is 9.97 Å². The molecule has 2 heterocycles. The summed E-state index contributed by atoms with van der Waals surface area (Å²) in [6.07, 6.45) is 8.27. The van der Waals surface area contributed by atoms with Gasteiger partial charge >= 0.3 is 0 Å². The molecule has 6 heteroatoms. The molecule has 1 aliphatic rings. The first-order chi connectivity index (χ1) is 12.8. The van der Waals surface area contributed by atoms with Gasteiger partial charge in [0.15, 0.2) is 17.0 Å². The summed E-state index contributed by atoms with van der Waals surface area (Å²) in [5.41, 5.74) is 3.00. The van der Waals surface area contributed by atoms with Crippen LogP contribution in [0.4, 0.5) is 11.8 Å². The highest BCUT2D eigenvalue weighted by atomic mass is 15.2. The van der Waals surface area contributed by atoms with Gasteiger partial charge in [0, 0.05) is 19.1 Å². The summed E-state index contributed by atoms with van der Waals surface area (Å²) < 4.78 is 2.25. The van der Waals surface area contributed by atoms with Crippen molar-refractivity contribution in [1.82, 2.24) is 19.5 Å². The molecule has 26 heavy (non-hydrogen) atoms. The Kier molecular flexibility index (Phi) is 5.00. The predicted molar refractivity (Wildman–Crippen MR) is 105 cm³/mol. The second kappa shape index (κ2) is 7.72. The topological polar surface area (TPSA) is 67.7 Å². The second-order valence-corrected chi connectivity index (χ2v) is 6.88. The Morgan fingerprint density at radius 3 is 2.62 bits per heavy atom. The molecule has 1 fully saturated rings. The van der Waals surface area contributed by atoms with Crippen molar-refractivity contribution in [2.24, 2.45) is 0 Å². The normalized spacial score (nSPS) is 15.3. The molecule has 0 saturated heterocycles. The lowest BCUT2D eigenvalue weighted by Gasteiger charge is -2.23. The van der Waals surface area contributed by atoms with Crippen molar-refractivity contribution in [3.8, 4) is 0 Å². The predicted octanol–water partition coefficient (Wildman–Crippen LogP) is 4.38. The minimum Gasteiger partial charge on any atom is -0.364 e. The molecule has 4 rings (SSSR count). The quantitative estimate of drug-likeness (QED) is 0.691. The van der Waals surface area contributed by atoms with Gasteiger partial charge in [0.05, 0.1) is 6.33 Å². The summed E-state index contributed by atoms with van der Waals surface area (Å²) in [5, 5.41) is 6.71. The van der Waals surface area contributed by atoms with Crippen LogP contribution in [0.3, 0.4) is 0 Å². The fraction of sp³-hybridized carbons (Fsp3) is 0.450. The van der Waals surface area contributed by atoms with Crippen LogP contribution in [0.25, 0.3) is 11.2 Å². The molecule has 1 saturated carbocycles. The summed E-state index contributed by atoms with van der Waals surface area (Å²) in [6.45, 7) is 3.57. The lowest BCUT2D eigenvalue weighted by Crippen LogP contribution is -2.13. The summed E-state index contributed by atoms with van der Waals surface area (Å²) in [4.78, 5) is 14.1. The van der Waals surface area contributed by atoms with Crippen LogP contribution in [0.1, 0.15) is 50.6 Å². The molecule has 0 bridgehead atoms. The summed E-state index contributed by atoms with van der Waals surface area (Å²) in [7, 11) is 0. The van der Waals surface area contributed by atoms with Crippen LogP contribution in [0, 0.1) is 0 Å². The minimum absolute atomic E-state index is 0.500. The highest BCUT2D eigenvalue weighted by Gasteiger charge is 2.20. The molecular formula is C20H26N6. The Labute approximate surface area is 154 Å². The van der Waals surface area contributed by atoms with Crippen molar-refractivity contribution in [1.29, 1.82) is 0 Å². The lowest BCUT2D eigenvalue weighted by molar-refractivity contribution is 0.358. The monoisotopic (exact) mass is 350 g/mol. The molecule has 3 aromatic rings. The SMILES string of the molecule is CCNc1nc(NCc2ccccc2)c2ncn(C3CCCCC3)c2n1. The second-order valence-electron chi connectivity index (χ2n) is 6.88. The Morgan fingerprint density at radius 2 is 1.85 bits per heavy atom. The smallest absolute Gasteiger partial charge is 0.226 e. The first-order valence-corrected chi connectivity index (χ1v) is 9.61. The van der Waals surface area contributed by atoms with Gasteiger partial charge in [-0.25, -0.2) is 4.98 Å². The Bertz CT molecular complexity index is 851. The number of benzene rings is 1. The third kappa shape index (κ3) is 3.49. The summed E-state index contributed by atoms with van der Waals surface area (Å²) in [6, 6.07) is 10.8. The molecule has 0 atom stereocenters. The Balaban J connectivity index is 1.67. The number of anilines is 2. The molecule has 2 N–H and O–H groups in total. The number of aromatic nitrogens is 4. The van der Waals surface area contributed by atoms with Crippen molar-refractivity contribution in [3.05, 3.63) is 42.2 Å². The highest BCUT2D eigenvalue weighted by molar-refractivity contribution is 5.84. The van der Waals surface area contributed by atoms with E-state index in [4.69, 9.17) is 4.98 Å². The van der Waals surface area contributed by atoms with Gasteiger partial charge < -0.3 is 15.2 Å². The molecule has 0 unspecified atom stereocenters. The summed E-state index contributed by atoms with van der Waals surface area (Å²) >= 11 is 0. The third-order valence-corrected chi connectivity index (χ3v) is 5.03. The van der Waals surface area contributed by atoms with E-state index in [2.05, 4.69) is 56.4 Å². The molecule has 0 radical (unpaired) electrons. The van der Waals surface area contributed by atoms with E-state index < -0.39 is 0 Å². The fourth-order valence-electron chi connectivity index (χ4n) is 3.69. The number of fused-ring (bicyclic) bond motifs is 1. The van der Waals surface area contributed by atoms with Gasteiger partial charge in [0.25, 0.3) is 0 Å². The van der Waals surface area contributed by atoms with Gasteiger partial charge in [-0.15, -0.1) is 0 Å². The van der Waals surface area contributed by atoms with E-state index in [0.29, 0.717) is 12.0 Å². The van der Waals surface area contributed by atoms with Crippen LogP contribution in [0.5, 0.6) is 0 Å². The third-order valence-electron chi connectivity index (χ3n) is 5.03.